The van der Waals surface area contributed by atoms with E-state index in [-0.39, 0.29) is 11.4 Å². The van der Waals surface area contributed by atoms with E-state index < -0.39 is 23.5 Å². The third-order valence-electron chi connectivity index (χ3n) is 3.71. The smallest absolute Gasteiger partial charge is 0.251 e. The molecule has 1 aromatic heterocycles. The molecule has 0 bridgehead atoms. The normalized spacial score (nSPS) is 12.3. The molecule has 2 nitrogen and oxygen atoms in total. The van der Waals surface area contributed by atoms with Gasteiger partial charge in [0, 0.05) is 11.1 Å². The summed E-state index contributed by atoms with van der Waals surface area (Å²) >= 11 is 3.15. The van der Waals surface area contributed by atoms with E-state index >= 15 is 0 Å². The first-order valence-electron chi connectivity index (χ1n) is 7.43. The van der Waals surface area contributed by atoms with Crippen molar-refractivity contribution in [1.82, 2.24) is 9.97 Å². The Labute approximate surface area is 158 Å². The van der Waals surface area contributed by atoms with Crippen molar-refractivity contribution in [1.29, 1.82) is 0 Å². The Morgan fingerprint density at radius 3 is 1.44 bits per heavy atom. The topological polar surface area (TPSA) is 25.8 Å². The van der Waals surface area contributed by atoms with Crippen LogP contribution in [0.15, 0.2) is 59.3 Å². The van der Waals surface area contributed by atoms with Crippen LogP contribution in [0.3, 0.4) is 0 Å². The van der Waals surface area contributed by atoms with Crippen molar-refractivity contribution in [2.75, 3.05) is 0 Å². The Hall–Kier alpha value is -2.42. The van der Waals surface area contributed by atoms with Gasteiger partial charge in [-0.2, -0.15) is 26.3 Å². The molecular weight excluding hydrogens is 438 g/mol. The molecule has 0 amide bonds. The van der Waals surface area contributed by atoms with Gasteiger partial charge < -0.3 is 0 Å². The summed E-state index contributed by atoms with van der Waals surface area (Å²) in [6.07, 6.45) is -7.58. The van der Waals surface area contributed by atoms with Crippen molar-refractivity contribution >= 4 is 15.9 Å². The lowest BCUT2D eigenvalue weighted by atomic mass is 10.0. The zero-order valence-electron chi connectivity index (χ0n) is 13.2. The van der Waals surface area contributed by atoms with E-state index in [1.54, 1.807) is 0 Å². The molecule has 0 N–H and O–H groups in total. The predicted molar refractivity (Wildman–Crippen MR) is 90.6 cm³/mol. The fourth-order valence-corrected chi connectivity index (χ4v) is 2.69. The summed E-state index contributed by atoms with van der Waals surface area (Å²) in [4.78, 5) is 8.41. The van der Waals surface area contributed by atoms with E-state index in [1.165, 1.54) is 30.5 Å². The molecule has 2 aromatic carbocycles. The lowest BCUT2D eigenvalue weighted by Gasteiger charge is -2.12. The average molecular weight is 447 g/mol. The number of hydrogen-bond acceptors (Lipinski definition) is 2. The van der Waals surface area contributed by atoms with Crippen molar-refractivity contribution < 1.29 is 26.3 Å². The summed E-state index contributed by atoms with van der Waals surface area (Å²) in [5.41, 5.74) is -0.410. The van der Waals surface area contributed by atoms with E-state index in [0.29, 0.717) is 15.7 Å². The second-order valence-electron chi connectivity index (χ2n) is 5.54. The van der Waals surface area contributed by atoms with Crippen LogP contribution in [0.25, 0.3) is 22.5 Å². The second kappa shape index (κ2) is 6.95. The van der Waals surface area contributed by atoms with Gasteiger partial charge in [-0.25, -0.2) is 4.98 Å². The summed E-state index contributed by atoms with van der Waals surface area (Å²) < 4.78 is 76.7. The van der Waals surface area contributed by atoms with E-state index in [0.717, 1.165) is 24.3 Å². The molecule has 0 saturated carbocycles. The molecule has 3 aromatic rings. The number of benzene rings is 2. The lowest BCUT2D eigenvalue weighted by Crippen LogP contribution is -2.05. The number of hydrogen-bond donors (Lipinski definition) is 0. The highest BCUT2D eigenvalue weighted by Crippen LogP contribution is 2.35. The third-order valence-corrected chi connectivity index (χ3v) is 4.10. The Balaban J connectivity index is 2.06. The minimum absolute atomic E-state index is 0.248. The molecule has 0 unspecified atom stereocenters. The molecule has 3 rings (SSSR count). The van der Waals surface area contributed by atoms with Gasteiger partial charge in [0.15, 0.2) is 0 Å². The monoisotopic (exact) mass is 446 g/mol. The first-order valence-corrected chi connectivity index (χ1v) is 8.23. The third kappa shape index (κ3) is 4.29. The molecule has 0 aliphatic carbocycles. The van der Waals surface area contributed by atoms with Gasteiger partial charge in [-0.05, 0) is 40.2 Å². The van der Waals surface area contributed by atoms with E-state index in [1.807, 2.05) is 0 Å². The van der Waals surface area contributed by atoms with E-state index in [4.69, 9.17) is 0 Å². The zero-order valence-corrected chi connectivity index (χ0v) is 14.8. The second-order valence-corrected chi connectivity index (χ2v) is 6.35. The number of aromatic nitrogens is 2. The molecule has 0 aliphatic heterocycles. The fraction of sp³-hybridized carbons (Fsp3) is 0.111. The molecule has 1 heterocycles. The Kier molecular flexibility index (Phi) is 4.98. The number of nitrogens with zero attached hydrogens (tertiary/aromatic N) is 2. The maximum atomic E-state index is 12.7. The summed E-state index contributed by atoms with van der Waals surface area (Å²) in [6, 6.07) is 8.62. The zero-order chi connectivity index (χ0) is 19.8. The highest BCUT2D eigenvalue weighted by molar-refractivity contribution is 9.10. The fourth-order valence-electron chi connectivity index (χ4n) is 2.41. The van der Waals surface area contributed by atoms with E-state index in [2.05, 4.69) is 25.9 Å². The minimum atomic E-state index is -4.47. The standard InChI is InChI=1S/C18H9BrF6N2/c19-14-9-26-15(10-1-5-12(6-2-10)17(20,21)22)16(27-14)11-3-7-13(8-4-11)18(23,24)25/h1-9H. The molecule has 0 atom stereocenters. The van der Waals surface area contributed by atoms with Crippen LogP contribution in [0.5, 0.6) is 0 Å². The Morgan fingerprint density at radius 2 is 1.04 bits per heavy atom. The largest absolute Gasteiger partial charge is 0.416 e. The van der Waals surface area contributed by atoms with Crippen LogP contribution in [0.2, 0.25) is 0 Å². The highest BCUT2D eigenvalue weighted by atomic mass is 79.9. The van der Waals surface area contributed by atoms with Crippen LogP contribution in [-0.2, 0) is 12.4 Å². The van der Waals surface area contributed by atoms with Crippen LogP contribution < -0.4 is 0 Å². The summed E-state index contributed by atoms with van der Waals surface area (Å²) in [5.74, 6) is 0. The van der Waals surface area contributed by atoms with Gasteiger partial charge in [0.05, 0.1) is 28.7 Å². The highest BCUT2D eigenvalue weighted by Gasteiger charge is 2.31. The van der Waals surface area contributed by atoms with Gasteiger partial charge in [-0.15, -0.1) is 0 Å². The van der Waals surface area contributed by atoms with Gasteiger partial charge >= 0.3 is 12.4 Å². The van der Waals surface area contributed by atoms with Gasteiger partial charge in [-0.1, -0.05) is 24.3 Å². The summed E-state index contributed by atoms with van der Waals surface area (Å²) in [6.45, 7) is 0. The summed E-state index contributed by atoms with van der Waals surface area (Å²) in [5, 5.41) is 0. The van der Waals surface area contributed by atoms with Crippen molar-refractivity contribution in [3.8, 4) is 22.5 Å². The van der Waals surface area contributed by atoms with Gasteiger partial charge in [0.1, 0.15) is 4.60 Å². The number of rotatable bonds is 2. The molecule has 0 aliphatic rings. The average Bonchev–Trinajstić information content (AvgIpc) is 2.60. The molecular formula is C18H9BrF6N2. The van der Waals surface area contributed by atoms with Crippen molar-refractivity contribution in [3.63, 3.8) is 0 Å². The Bertz CT molecular complexity index is 948. The van der Waals surface area contributed by atoms with Crippen molar-refractivity contribution in [2.45, 2.75) is 12.4 Å². The quantitative estimate of drug-likeness (QED) is 0.414. The molecule has 140 valence electrons. The first kappa shape index (κ1) is 19.3. The van der Waals surface area contributed by atoms with Crippen LogP contribution in [0.4, 0.5) is 26.3 Å². The van der Waals surface area contributed by atoms with Crippen LogP contribution >= 0.6 is 15.9 Å². The van der Waals surface area contributed by atoms with Gasteiger partial charge in [0.2, 0.25) is 0 Å². The van der Waals surface area contributed by atoms with Crippen LogP contribution in [0, 0.1) is 0 Å². The molecule has 0 saturated heterocycles. The first-order chi connectivity index (χ1) is 12.6. The van der Waals surface area contributed by atoms with Gasteiger partial charge in [0.25, 0.3) is 0 Å². The van der Waals surface area contributed by atoms with Crippen molar-refractivity contribution in [2.24, 2.45) is 0 Å². The summed E-state index contributed by atoms with van der Waals surface area (Å²) in [7, 11) is 0. The van der Waals surface area contributed by atoms with Gasteiger partial charge in [-0.3, -0.25) is 4.98 Å². The molecule has 9 heteroatoms. The van der Waals surface area contributed by atoms with Crippen LogP contribution in [0.1, 0.15) is 11.1 Å². The molecule has 0 spiro atoms. The lowest BCUT2D eigenvalue weighted by molar-refractivity contribution is -0.138. The van der Waals surface area contributed by atoms with Crippen molar-refractivity contribution in [3.05, 3.63) is 70.5 Å². The molecule has 0 radical (unpaired) electrons. The number of halogens is 7. The maximum absolute atomic E-state index is 12.7. The SMILES string of the molecule is FC(F)(F)c1ccc(-c2ncc(Br)nc2-c2ccc(C(F)(F)F)cc2)cc1. The predicted octanol–water partition coefficient (Wildman–Crippen LogP) is 6.61. The molecule has 0 fully saturated rings. The minimum Gasteiger partial charge on any atom is -0.251 e. The maximum Gasteiger partial charge on any atom is 0.416 e. The molecule has 27 heavy (non-hydrogen) atoms. The number of alkyl halides is 6. The van der Waals surface area contributed by atoms with E-state index in [9.17, 15) is 26.3 Å². The Morgan fingerprint density at radius 1 is 0.630 bits per heavy atom. The van der Waals surface area contributed by atoms with Crippen LogP contribution in [-0.4, -0.2) is 9.97 Å².